The van der Waals surface area contributed by atoms with Gasteiger partial charge in [0.05, 0.1) is 0 Å². The van der Waals surface area contributed by atoms with Crippen LogP contribution in [0.5, 0.6) is 0 Å². The molecule has 3 N–H and O–H groups in total. The van der Waals surface area contributed by atoms with E-state index in [2.05, 4.69) is 6.92 Å². The standard InChI is InChI=1S/C13H23NO3/c1-5-12(4)6-7-13(10(14)15,11(16)17)9(12)8(2)3/h8-9H,5-7H2,1-4H3,(H2,14,15)(H,16,17). The molecule has 4 nitrogen and oxygen atoms in total. The second-order valence-corrected chi connectivity index (χ2v) is 5.87. The van der Waals surface area contributed by atoms with Crippen LogP contribution in [-0.4, -0.2) is 17.0 Å². The summed E-state index contributed by atoms with van der Waals surface area (Å²) in [5.41, 5.74) is 3.93. The monoisotopic (exact) mass is 241 g/mol. The van der Waals surface area contributed by atoms with Gasteiger partial charge < -0.3 is 10.8 Å². The minimum Gasteiger partial charge on any atom is -0.480 e. The zero-order chi connectivity index (χ0) is 13.4. The van der Waals surface area contributed by atoms with Crippen molar-refractivity contribution in [2.24, 2.45) is 28.4 Å². The summed E-state index contributed by atoms with van der Waals surface area (Å²) in [6.07, 6.45) is 1.99. The minimum absolute atomic E-state index is 0.110. The van der Waals surface area contributed by atoms with Gasteiger partial charge in [0.15, 0.2) is 0 Å². The van der Waals surface area contributed by atoms with Gasteiger partial charge in [-0.05, 0) is 30.1 Å². The zero-order valence-corrected chi connectivity index (χ0v) is 11.1. The van der Waals surface area contributed by atoms with Crippen LogP contribution in [0.4, 0.5) is 0 Å². The molecule has 4 heteroatoms. The topological polar surface area (TPSA) is 80.4 Å². The molecule has 1 amide bonds. The van der Waals surface area contributed by atoms with Gasteiger partial charge in [0.25, 0.3) is 0 Å². The van der Waals surface area contributed by atoms with Crippen molar-refractivity contribution in [2.45, 2.75) is 47.0 Å². The molecule has 3 unspecified atom stereocenters. The first-order chi connectivity index (χ1) is 7.72. The second-order valence-electron chi connectivity index (χ2n) is 5.87. The fourth-order valence-electron chi connectivity index (χ4n) is 3.78. The molecule has 0 spiro atoms. The third kappa shape index (κ3) is 1.83. The summed E-state index contributed by atoms with van der Waals surface area (Å²) in [5.74, 6) is -1.79. The molecule has 98 valence electrons. The smallest absolute Gasteiger partial charge is 0.319 e. The summed E-state index contributed by atoms with van der Waals surface area (Å²) >= 11 is 0. The van der Waals surface area contributed by atoms with Crippen molar-refractivity contribution >= 4 is 11.9 Å². The van der Waals surface area contributed by atoms with E-state index in [4.69, 9.17) is 5.73 Å². The number of rotatable bonds is 4. The minimum atomic E-state index is -1.38. The lowest BCUT2D eigenvalue weighted by atomic mass is 9.63. The Balaban J connectivity index is 3.33. The Bertz CT molecular complexity index is 324. The normalized spacial score (nSPS) is 37.4. The number of hydrogen-bond donors (Lipinski definition) is 2. The van der Waals surface area contributed by atoms with Crippen LogP contribution in [0.15, 0.2) is 0 Å². The van der Waals surface area contributed by atoms with Gasteiger partial charge in [0.1, 0.15) is 5.41 Å². The van der Waals surface area contributed by atoms with Gasteiger partial charge in [-0.15, -0.1) is 0 Å². The van der Waals surface area contributed by atoms with E-state index in [-0.39, 0.29) is 17.3 Å². The molecule has 0 aromatic rings. The number of amides is 1. The van der Waals surface area contributed by atoms with Crippen molar-refractivity contribution < 1.29 is 14.7 Å². The number of carbonyl (C=O) groups is 2. The lowest BCUT2D eigenvalue weighted by Crippen LogP contribution is -2.51. The molecule has 1 saturated carbocycles. The Morgan fingerprint density at radius 3 is 2.24 bits per heavy atom. The van der Waals surface area contributed by atoms with Crippen molar-refractivity contribution in [1.82, 2.24) is 0 Å². The van der Waals surface area contributed by atoms with E-state index in [1.165, 1.54) is 0 Å². The quantitative estimate of drug-likeness (QED) is 0.739. The summed E-state index contributed by atoms with van der Waals surface area (Å²) < 4.78 is 0. The molecular formula is C13H23NO3. The fraction of sp³-hybridized carbons (Fsp3) is 0.846. The first kappa shape index (κ1) is 14.0. The third-order valence-electron chi connectivity index (χ3n) is 4.67. The molecule has 0 aliphatic heterocycles. The maximum Gasteiger partial charge on any atom is 0.319 e. The first-order valence-corrected chi connectivity index (χ1v) is 6.25. The summed E-state index contributed by atoms with van der Waals surface area (Å²) in [5, 5.41) is 9.48. The van der Waals surface area contributed by atoms with Gasteiger partial charge in [-0.25, -0.2) is 0 Å². The SMILES string of the molecule is CCC1(C)CCC(C(N)=O)(C(=O)O)C1C(C)C. The molecular weight excluding hydrogens is 218 g/mol. The second kappa shape index (κ2) is 4.31. The van der Waals surface area contributed by atoms with E-state index >= 15 is 0 Å². The first-order valence-electron chi connectivity index (χ1n) is 6.25. The number of carbonyl (C=O) groups excluding carboxylic acids is 1. The summed E-state index contributed by atoms with van der Waals surface area (Å²) in [7, 11) is 0. The van der Waals surface area contributed by atoms with Crippen molar-refractivity contribution in [3.05, 3.63) is 0 Å². The number of primary amides is 1. The number of aliphatic carboxylic acids is 1. The summed E-state index contributed by atoms with van der Waals surface area (Å²) in [6.45, 7) is 8.08. The Morgan fingerprint density at radius 2 is 1.94 bits per heavy atom. The van der Waals surface area contributed by atoms with E-state index in [9.17, 15) is 14.7 Å². The molecule has 1 fully saturated rings. The predicted octanol–water partition coefficient (Wildman–Crippen LogP) is 2.02. The highest BCUT2D eigenvalue weighted by Gasteiger charge is 2.62. The van der Waals surface area contributed by atoms with Gasteiger partial charge in [-0.3, -0.25) is 9.59 Å². The molecule has 17 heavy (non-hydrogen) atoms. The van der Waals surface area contributed by atoms with Gasteiger partial charge in [0.2, 0.25) is 5.91 Å². The molecule has 3 atom stereocenters. The largest absolute Gasteiger partial charge is 0.480 e. The van der Waals surface area contributed by atoms with Crippen molar-refractivity contribution in [3.8, 4) is 0 Å². The fourth-order valence-corrected chi connectivity index (χ4v) is 3.78. The van der Waals surface area contributed by atoms with Crippen LogP contribution in [0.25, 0.3) is 0 Å². The highest BCUT2D eigenvalue weighted by Crippen LogP contribution is 2.58. The number of hydrogen-bond acceptors (Lipinski definition) is 2. The van der Waals surface area contributed by atoms with Crippen molar-refractivity contribution in [2.75, 3.05) is 0 Å². The summed E-state index contributed by atoms with van der Waals surface area (Å²) in [4.78, 5) is 23.3. The van der Waals surface area contributed by atoms with Crippen LogP contribution in [0.2, 0.25) is 0 Å². The maximum absolute atomic E-state index is 11.7. The molecule has 1 rings (SSSR count). The van der Waals surface area contributed by atoms with Gasteiger partial charge in [0, 0.05) is 0 Å². The molecule has 1 aliphatic carbocycles. The molecule has 0 radical (unpaired) electrons. The van der Waals surface area contributed by atoms with E-state index in [1.807, 2.05) is 20.8 Å². The van der Waals surface area contributed by atoms with Crippen LogP contribution >= 0.6 is 0 Å². The lowest BCUT2D eigenvalue weighted by Gasteiger charge is -2.39. The van der Waals surface area contributed by atoms with Gasteiger partial charge >= 0.3 is 5.97 Å². The molecule has 0 aromatic heterocycles. The Hall–Kier alpha value is -1.06. The molecule has 1 aliphatic rings. The van der Waals surface area contributed by atoms with Crippen LogP contribution < -0.4 is 5.73 Å². The summed E-state index contributed by atoms with van der Waals surface area (Å²) in [6, 6.07) is 0. The number of carboxylic acids is 1. The van der Waals surface area contributed by atoms with Crippen molar-refractivity contribution in [3.63, 3.8) is 0 Å². The third-order valence-corrected chi connectivity index (χ3v) is 4.67. The lowest BCUT2D eigenvalue weighted by molar-refractivity contribution is -0.160. The Kier molecular flexibility index (Phi) is 3.55. The van der Waals surface area contributed by atoms with E-state index in [1.54, 1.807) is 0 Å². The zero-order valence-electron chi connectivity index (χ0n) is 11.1. The maximum atomic E-state index is 11.7. The van der Waals surface area contributed by atoms with Crippen LogP contribution in [0.3, 0.4) is 0 Å². The predicted molar refractivity (Wildman–Crippen MR) is 65.2 cm³/mol. The van der Waals surface area contributed by atoms with E-state index in [0.29, 0.717) is 6.42 Å². The number of nitrogens with two attached hydrogens (primary N) is 1. The van der Waals surface area contributed by atoms with Crippen molar-refractivity contribution in [1.29, 1.82) is 0 Å². The van der Waals surface area contributed by atoms with Gasteiger partial charge in [-0.2, -0.15) is 0 Å². The average molecular weight is 241 g/mol. The van der Waals surface area contributed by atoms with Crippen LogP contribution in [0, 0.1) is 22.7 Å². The average Bonchev–Trinajstić information content (AvgIpc) is 2.54. The van der Waals surface area contributed by atoms with Gasteiger partial charge in [-0.1, -0.05) is 34.1 Å². The molecule has 0 heterocycles. The van der Waals surface area contributed by atoms with Crippen LogP contribution in [-0.2, 0) is 9.59 Å². The highest BCUT2D eigenvalue weighted by molar-refractivity contribution is 6.02. The molecule has 0 bridgehead atoms. The van der Waals surface area contributed by atoms with E-state index < -0.39 is 17.3 Å². The highest BCUT2D eigenvalue weighted by atomic mass is 16.4. The molecule has 0 saturated heterocycles. The molecule has 0 aromatic carbocycles. The Morgan fingerprint density at radius 1 is 1.41 bits per heavy atom. The van der Waals surface area contributed by atoms with Crippen LogP contribution in [0.1, 0.15) is 47.0 Å². The number of carboxylic acid groups (broad SMARTS) is 1. The Labute approximate surface area is 103 Å². The van der Waals surface area contributed by atoms with E-state index in [0.717, 1.165) is 12.8 Å².